The van der Waals surface area contributed by atoms with Crippen LogP contribution < -0.4 is 10.2 Å². The van der Waals surface area contributed by atoms with E-state index in [9.17, 15) is 13.6 Å². The molecule has 1 aliphatic carbocycles. The number of rotatable bonds is 4. The molecule has 0 atom stereocenters. The van der Waals surface area contributed by atoms with E-state index in [0.717, 1.165) is 31.4 Å². The van der Waals surface area contributed by atoms with Crippen LogP contribution in [0.3, 0.4) is 0 Å². The van der Waals surface area contributed by atoms with E-state index in [-0.39, 0.29) is 5.91 Å². The Labute approximate surface area is 111 Å². The van der Waals surface area contributed by atoms with Gasteiger partial charge in [-0.1, -0.05) is 6.42 Å². The topological polar surface area (TPSA) is 32.3 Å². The molecule has 1 fully saturated rings. The van der Waals surface area contributed by atoms with Gasteiger partial charge >= 0.3 is 0 Å². The number of amides is 1. The molecule has 2 rings (SSSR count). The van der Waals surface area contributed by atoms with Gasteiger partial charge in [0, 0.05) is 25.3 Å². The maximum Gasteiger partial charge on any atom is 0.234 e. The van der Waals surface area contributed by atoms with Gasteiger partial charge < -0.3 is 10.2 Å². The van der Waals surface area contributed by atoms with Crippen LogP contribution in [0.4, 0.5) is 14.5 Å². The van der Waals surface area contributed by atoms with Gasteiger partial charge in [0.25, 0.3) is 0 Å². The highest BCUT2D eigenvalue weighted by Crippen LogP contribution is 2.42. The first kappa shape index (κ1) is 13.9. The second-order valence-electron chi connectivity index (χ2n) is 5.13. The fraction of sp³-hybridized carbons (Fsp3) is 0.500. The van der Waals surface area contributed by atoms with E-state index in [4.69, 9.17) is 0 Å². The van der Waals surface area contributed by atoms with Gasteiger partial charge in [-0.05, 0) is 32.0 Å². The lowest BCUT2D eigenvalue weighted by molar-refractivity contribution is -0.132. The average molecular weight is 268 g/mol. The van der Waals surface area contributed by atoms with E-state index in [1.165, 1.54) is 11.0 Å². The molecule has 0 bridgehead atoms. The van der Waals surface area contributed by atoms with E-state index in [1.807, 2.05) is 7.05 Å². The third-order valence-electron chi connectivity index (χ3n) is 3.87. The van der Waals surface area contributed by atoms with Crippen molar-refractivity contribution in [2.75, 3.05) is 25.5 Å². The van der Waals surface area contributed by atoms with Crippen molar-refractivity contribution in [1.82, 2.24) is 5.32 Å². The van der Waals surface area contributed by atoms with Crippen molar-refractivity contribution >= 4 is 11.6 Å². The predicted octanol–water partition coefficient (Wildman–Crippen LogP) is 2.32. The summed E-state index contributed by atoms with van der Waals surface area (Å²) < 4.78 is 26.1. The van der Waals surface area contributed by atoms with Crippen molar-refractivity contribution in [2.45, 2.75) is 19.3 Å². The molecule has 0 aromatic heterocycles. The van der Waals surface area contributed by atoms with E-state index in [2.05, 4.69) is 5.32 Å². The van der Waals surface area contributed by atoms with Crippen LogP contribution in [0.15, 0.2) is 18.2 Å². The van der Waals surface area contributed by atoms with Crippen molar-refractivity contribution in [3.8, 4) is 0 Å². The lowest BCUT2D eigenvalue weighted by Gasteiger charge is -2.42. The van der Waals surface area contributed by atoms with Crippen molar-refractivity contribution < 1.29 is 13.6 Å². The zero-order chi connectivity index (χ0) is 14.0. The van der Waals surface area contributed by atoms with Crippen LogP contribution in [0.25, 0.3) is 0 Å². The number of anilines is 1. The van der Waals surface area contributed by atoms with Crippen molar-refractivity contribution in [1.29, 1.82) is 0 Å². The van der Waals surface area contributed by atoms with Gasteiger partial charge in [-0.25, -0.2) is 8.78 Å². The fourth-order valence-electron chi connectivity index (χ4n) is 2.57. The first-order valence-corrected chi connectivity index (χ1v) is 6.38. The molecule has 19 heavy (non-hydrogen) atoms. The van der Waals surface area contributed by atoms with E-state index < -0.39 is 17.0 Å². The molecule has 0 saturated heterocycles. The highest BCUT2D eigenvalue weighted by atomic mass is 19.2. The highest BCUT2D eigenvalue weighted by Gasteiger charge is 2.45. The molecule has 0 radical (unpaired) electrons. The highest BCUT2D eigenvalue weighted by molar-refractivity contribution is 5.97. The standard InChI is InChI=1S/C14H18F2N2O/c1-17-9-14(6-3-7-14)13(19)18(2)10-4-5-11(15)12(16)8-10/h4-5,8,17H,3,6-7,9H2,1-2H3. The minimum absolute atomic E-state index is 0.0425. The van der Waals surface area contributed by atoms with Gasteiger partial charge in [-0.3, -0.25) is 4.79 Å². The van der Waals surface area contributed by atoms with Crippen LogP contribution in [-0.2, 0) is 4.79 Å². The summed E-state index contributed by atoms with van der Waals surface area (Å²) in [5, 5.41) is 3.04. The zero-order valence-corrected chi connectivity index (χ0v) is 11.2. The molecular formula is C14H18F2N2O. The van der Waals surface area contributed by atoms with Crippen LogP contribution in [0.1, 0.15) is 19.3 Å². The Balaban J connectivity index is 2.20. The fourth-order valence-corrected chi connectivity index (χ4v) is 2.57. The summed E-state index contributed by atoms with van der Waals surface area (Å²) >= 11 is 0. The Morgan fingerprint density at radius 2 is 2.05 bits per heavy atom. The Kier molecular flexibility index (Phi) is 3.85. The molecule has 1 amide bonds. The summed E-state index contributed by atoms with van der Waals surface area (Å²) in [5.74, 6) is -1.88. The molecule has 1 aromatic carbocycles. The smallest absolute Gasteiger partial charge is 0.234 e. The van der Waals surface area contributed by atoms with Gasteiger partial charge in [0.05, 0.1) is 5.41 Å². The minimum Gasteiger partial charge on any atom is -0.319 e. The second-order valence-corrected chi connectivity index (χ2v) is 5.13. The predicted molar refractivity (Wildman–Crippen MR) is 70.0 cm³/mol. The summed E-state index contributed by atoms with van der Waals surface area (Å²) in [6, 6.07) is 3.51. The number of hydrogen-bond acceptors (Lipinski definition) is 2. The summed E-state index contributed by atoms with van der Waals surface area (Å²) in [6.45, 7) is 0.611. The van der Waals surface area contributed by atoms with Crippen LogP contribution in [0.5, 0.6) is 0 Å². The van der Waals surface area contributed by atoms with Crippen LogP contribution in [0.2, 0.25) is 0 Å². The number of nitrogens with zero attached hydrogens (tertiary/aromatic N) is 1. The number of carbonyl (C=O) groups is 1. The first-order chi connectivity index (χ1) is 9.00. The van der Waals surface area contributed by atoms with E-state index in [0.29, 0.717) is 12.2 Å². The molecule has 104 valence electrons. The van der Waals surface area contributed by atoms with Crippen LogP contribution >= 0.6 is 0 Å². The third-order valence-corrected chi connectivity index (χ3v) is 3.87. The summed E-state index contributed by atoms with van der Waals surface area (Å²) in [4.78, 5) is 13.9. The Morgan fingerprint density at radius 3 is 2.53 bits per heavy atom. The molecule has 1 saturated carbocycles. The summed E-state index contributed by atoms with van der Waals surface area (Å²) in [7, 11) is 3.41. The molecule has 0 unspecified atom stereocenters. The monoisotopic (exact) mass is 268 g/mol. The van der Waals surface area contributed by atoms with Crippen molar-refractivity contribution in [2.24, 2.45) is 5.41 Å². The average Bonchev–Trinajstić information content (AvgIpc) is 2.35. The van der Waals surface area contributed by atoms with E-state index >= 15 is 0 Å². The van der Waals surface area contributed by atoms with Gasteiger partial charge in [0.1, 0.15) is 0 Å². The molecule has 1 aromatic rings. The summed E-state index contributed by atoms with van der Waals surface area (Å²) in [5.41, 5.74) is -0.0137. The number of halogens is 2. The first-order valence-electron chi connectivity index (χ1n) is 6.38. The number of nitrogens with one attached hydrogen (secondary N) is 1. The molecule has 0 spiro atoms. The van der Waals surface area contributed by atoms with Gasteiger partial charge in [0.2, 0.25) is 5.91 Å². The van der Waals surface area contributed by atoms with Gasteiger partial charge in [0.15, 0.2) is 11.6 Å². The molecule has 1 N–H and O–H groups in total. The molecule has 0 aliphatic heterocycles. The normalized spacial score (nSPS) is 16.8. The summed E-state index contributed by atoms with van der Waals surface area (Å²) in [6.07, 6.45) is 2.69. The number of carbonyl (C=O) groups excluding carboxylic acids is 1. The quantitative estimate of drug-likeness (QED) is 0.909. The number of benzene rings is 1. The van der Waals surface area contributed by atoms with Crippen molar-refractivity contribution in [3.63, 3.8) is 0 Å². The Bertz CT molecular complexity index is 486. The molecular weight excluding hydrogens is 250 g/mol. The maximum absolute atomic E-state index is 13.2. The van der Waals surface area contributed by atoms with Crippen LogP contribution in [-0.4, -0.2) is 26.5 Å². The van der Waals surface area contributed by atoms with Gasteiger partial charge in [-0.15, -0.1) is 0 Å². The zero-order valence-electron chi connectivity index (χ0n) is 11.2. The SMILES string of the molecule is CNCC1(C(=O)N(C)c2ccc(F)c(F)c2)CCC1. The van der Waals surface area contributed by atoms with E-state index in [1.54, 1.807) is 7.05 Å². The molecule has 1 aliphatic rings. The molecule has 0 heterocycles. The number of hydrogen-bond donors (Lipinski definition) is 1. The maximum atomic E-state index is 13.2. The largest absolute Gasteiger partial charge is 0.319 e. The van der Waals surface area contributed by atoms with Crippen LogP contribution in [0, 0.1) is 17.0 Å². The molecule has 3 nitrogen and oxygen atoms in total. The Hall–Kier alpha value is -1.49. The molecule has 5 heteroatoms. The Morgan fingerprint density at radius 1 is 1.37 bits per heavy atom. The second kappa shape index (κ2) is 5.25. The lowest BCUT2D eigenvalue weighted by Crippen LogP contribution is -2.51. The van der Waals surface area contributed by atoms with Crippen molar-refractivity contribution in [3.05, 3.63) is 29.8 Å². The minimum atomic E-state index is -0.937. The lowest BCUT2D eigenvalue weighted by atomic mass is 9.67. The third kappa shape index (κ3) is 2.47. The van der Waals surface area contributed by atoms with Gasteiger partial charge in [-0.2, -0.15) is 0 Å².